The highest BCUT2D eigenvalue weighted by molar-refractivity contribution is 7.17. The molecule has 5 heteroatoms. The van der Waals surface area contributed by atoms with Gasteiger partial charge in [-0.25, -0.2) is 4.98 Å². The Balaban J connectivity index is 1.76. The van der Waals surface area contributed by atoms with E-state index >= 15 is 0 Å². The first kappa shape index (κ1) is 13.3. The van der Waals surface area contributed by atoms with Crippen molar-refractivity contribution >= 4 is 21.6 Å². The second kappa shape index (κ2) is 5.34. The number of pyridine rings is 1. The third-order valence-corrected chi connectivity index (χ3v) is 4.19. The van der Waals surface area contributed by atoms with Gasteiger partial charge in [0.05, 0.1) is 22.5 Å². The number of oxazole rings is 1. The maximum Gasteiger partial charge on any atom is 0.211 e. The maximum absolute atomic E-state index is 5.55. The minimum absolute atomic E-state index is 0.0673. The lowest BCUT2D eigenvalue weighted by Gasteiger charge is -2.18. The van der Waals surface area contributed by atoms with Crippen LogP contribution in [0.25, 0.3) is 10.2 Å². The number of rotatable bonds is 4. The summed E-state index contributed by atoms with van der Waals surface area (Å²) in [6, 6.07) is 4.49. The average molecular weight is 287 g/mol. The van der Waals surface area contributed by atoms with Crippen LogP contribution >= 0.6 is 11.3 Å². The van der Waals surface area contributed by atoms with Crippen LogP contribution in [0, 0.1) is 6.92 Å². The van der Waals surface area contributed by atoms with Gasteiger partial charge in [0, 0.05) is 12.2 Å². The zero-order chi connectivity index (χ0) is 14.1. The molecule has 0 saturated carbocycles. The van der Waals surface area contributed by atoms with E-state index in [0.717, 1.165) is 17.2 Å². The summed E-state index contributed by atoms with van der Waals surface area (Å²) >= 11 is 1.72. The molecule has 0 aromatic carbocycles. The summed E-state index contributed by atoms with van der Waals surface area (Å²) in [7, 11) is 0. The Hall–Kier alpha value is -1.72. The smallest absolute Gasteiger partial charge is 0.211 e. The second-order valence-corrected chi connectivity index (χ2v) is 5.94. The van der Waals surface area contributed by atoms with Crippen molar-refractivity contribution < 1.29 is 4.42 Å². The van der Waals surface area contributed by atoms with E-state index in [2.05, 4.69) is 40.6 Å². The van der Waals surface area contributed by atoms with Gasteiger partial charge in [-0.05, 0) is 43.8 Å². The highest BCUT2D eigenvalue weighted by Gasteiger charge is 2.15. The lowest BCUT2D eigenvalue weighted by atomic mass is 10.1. The monoisotopic (exact) mass is 287 g/mol. The third kappa shape index (κ3) is 2.59. The number of aryl methyl sites for hydroxylation is 1. The summed E-state index contributed by atoms with van der Waals surface area (Å²) in [5.41, 5.74) is 2.23. The minimum Gasteiger partial charge on any atom is -0.444 e. The van der Waals surface area contributed by atoms with Crippen molar-refractivity contribution in [1.82, 2.24) is 15.3 Å². The topological polar surface area (TPSA) is 51.0 Å². The van der Waals surface area contributed by atoms with E-state index in [1.54, 1.807) is 17.5 Å². The summed E-state index contributed by atoms with van der Waals surface area (Å²) in [4.78, 5) is 8.74. The minimum atomic E-state index is 0.0673. The Morgan fingerprint density at radius 3 is 2.80 bits per heavy atom. The Labute approximate surface area is 121 Å². The summed E-state index contributed by atoms with van der Waals surface area (Å²) in [6.45, 7) is 6.09. The molecule has 0 aliphatic carbocycles. The van der Waals surface area contributed by atoms with Gasteiger partial charge in [-0.2, -0.15) is 0 Å². The molecule has 0 radical (unpaired) electrons. The van der Waals surface area contributed by atoms with E-state index in [4.69, 9.17) is 4.42 Å². The van der Waals surface area contributed by atoms with Gasteiger partial charge < -0.3 is 4.42 Å². The molecule has 1 N–H and O–H groups in total. The Morgan fingerprint density at radius 1 is 1.20 bits per heavy atom. The van der Waals surface area contributed by atoms with Crippen LogP contribution in [0.5, 0.6) is 0 Å². The zero-order valence-corrected chi connectivity index (χ0v) is 12.6. The van der Waals surface area contributed by atoms with E-state index in [1.807, 2.05) is 19.2 Å². The molecule has 0 spiro atoms. The molecule has 4 nitrogen and oxygen atoms in total. The van der Waals surface area contributed by atoms with Crippen LogP contribution in [0.4, 0.5) is 0 Å². The highest BCUT2D eigenvalue weighted by Crippen LogP contribution is 2.24. The summed E-state index contributed by atoms with van der Waals surface area (Å²) in [5.74, 6) is 1.56. The van der Waals surface area contributed by atoms with E-state index in [9.17, 15) is 0 Å². The van der Waals surface area contributed by atoms with Crippen LogP contribution < -0.4 is 5.32 Å². The molecule has 0 amide bonds. The molecular formula is C15H17N3OS. The van der Waals surface area contributed by atoms with Gasteiger partial charge in [-0.1, -0.05) is 0 Å². The number of thiophene rings is 1. The normalized spacial score (nSPS) is 14.6. The zero-order valence-electron chi connectivity index (χ0n) is 11.8. The first-order valence-corrected chi connectivity index (χ1v) is 7.53. The fourth-order valence-electron chi connectivity index (χ4n) is 2.21. The van der Waals surface area contributed by atoms with Crippen molar-refractivity contribution in [2.45, 2.75) is 32.9 Å². The SMILES string of the molecule is Cc1cnc(C(C)NC(C)c2cnc3ccsc3c2)o1. The summed E-state index contributed by atoms with van der Waals surface area (Å²) in [5, 5.41) is 5.56. The summed E-state index contributed by atoms with van der Waals surface area (Å²) in [6.07, 6.45) is 3.68. The van der Waals surface area contributed by atoms with Crippen LogP contribution in [0.3, 0.4) is 0 Å². The Kier molecular flexibility index (Phi) is 3.54. The largest absolute Gasteiger partial charge is 0.444 e. The van der Waals surface area contributed by atoms with E-state index in [1.165, 1.54) is 10.3 Å². The number of nitrogens with one attached hydrogen (secondary N) is 1. The number of hydrogen-bond acceptors (Lipinski definition) is 5. The van der Waals surface area contributed by atoms with Gasteiger partial charge in [-0.15, -0.1) is 11.3 Å². The Morgan fingerprint density at radius 2 is 2.05 bits per heavy atom. The first-order chi connectivity index (χ1) is 9.63. The van der Waals surface area contributed by atoms with Crippen molar-refractivity contribution in [3.8, 4) is 0 Å². The van der Waals surface area contributed by atoms with Gasteiger partial charge in [0.25, 0.3) is 0 Å². The molecule has 3 rings (SSSR count). The second-order valence-electron chi connectivity index (χ2n) is 4.99. The molecule has 0 aliphatic heterocycles. The number of aromatic nitrogens is 2. The lowest BCUT2D eigenvalue weighted by molar-refractivity contribution is 0.380. The van der Waals surface area contributed by atoms with Crippen LogP contribution in [0.1, 0.15) is 43.1 Å². The van der Waals surface area contributed by atoms with Crippen LogP contribution in [-0.2, 0) is 0 Å². The summed E-state index contributed by atoms with van der Waals surface area (Å²) < 4.78 is 6.77. The molecule has 3 aromatic rings. The molecule has 3 aromatic heterocycles. The van der Waals surface area contributed by atoms with E-state index < -0.39 is 0 Å². The molecule has 0 fully saturated rings. The average Bonchev–Trinajstić information content (AvgIpc) is 3.05. The van der Waals surface area contributed by atoms with Gasteiger partial charge in [0.1, 0.15) is 5.76 Å². The van der Waals surface area contributed by atoms with Gasteiger partial charge in [-0.3, -0.25) is 10.3 Å². The predicted octanol–water partition coefficient (Wildman–Crippen LogP) is 4.00. The van der Waals surface area contributed by atoms with Gasteiger partial charge >= 0.3 is 0 Å². The predicted molar refractivity (Wildman–Crippen MR) is 80.8 cm³/mol. The van der Waals surface area contributed by atoms with Gasteiger partial charge in [0.2, 0.25) is 5.89 Å². The van der Waals surface area contributed by atoms with Crippen molar-refractivity contribution in [1.29, 1.82) is 0 Å². The molecule has 3 heterocycles. The number of hydrogen-bond donors (Lipinski definition) is 1. The number of fused-ring (bicyclic) bond motifs is 1. The highest BCUT2D eigenvalue weighted by atomic mass is 32.1. The van der Waals surface area contributed by atoms with Crippen LogP contribution in [0.2, 0.25) is 0 Å². The quantitative estimate of drug-likeness (QED) is 0.788. The van der Waals surface area contributed by atoms with E-state index in [0.29, 0.717) is 0 Å². The lowest BCUT2D eigenvalue weighted by Crippen LogP contribution is -2.22. The van der Waals surface area contributed by atoms with Crippen molar-refractivity contribution in [2.75, 3.05) is 0 Å². The molecule has 2 unspecified atom stereocenters. The molecule has 2 atom stereocenters. The molecule has 0 aliphatic rings. The van der Waals surface area contributed by atoms with Crippen LogP contribution in [0.15, 0.2) is 34.3 Å². The molecule has 0 bridgehead atoms. The third-order valence-electron chi connectivity index (χ3n) is 3.33. The first-order valence-electron chi connectivity index (χ1n) is 6.65. The number of nitrogens with zero attached hydrogens (tertiary/aromatic N) is 2. The van der Waals surface area contributed by atoms with E-state index in [-0.39, 0.29) is 12.1 Å². The molecule has 104 valence electrons. The molecular weight excluding hydrogens is 270 g/mol. The van der Waals surface area contributed by atoms with Gasteiger partial charge in [0.15, 0.2) is 0 Å². The van der Waals surface area contributed by atoms with Crippen molar-refractivity contribution in [2.24, 2.45) is 0 Å². The Bertz CT molecular complexity index is 719. The molecule has 20 heavy (non-hydrogen) atoms. The van der Waals surface area contributed by atoms with Crippen molar-refractivity contribution in [3.05, 3.63) is 47.1 Å². The fourth-order valence-corrected chi connectivity index (χ4v) is 3.00. The standard InChI is InChI=1S/C15H17N3OS/c1-9-7-17-15(19-9)11(3)18-10(2)12-6-14-13(16-8-12)4-5-20-14/h4-8,10-11,18H,1-3H3. The van der Waals surface area contributed by atoms with Crippen molar-refractivity contribution in [3.63, 3.8) is 0 Å². The fraction of sp³-hybridized carbons (Fsp3) is 0.333. The maximum atomic E-state index is 5.55. The molecule has 0 saturated heterocycles. The van der Waals surface area contributed by atoms with Crippen LogP contribution in [-0.4, -0.2) is 9.97 Å².